The van der Waals surface area contributed by atoms with E-state index in [1.807, 2.05) is 12.1 Å². The molecule has 0 aliphatic carbocycles. The fraction of sp³-hybridized carbons (Fsp3) is 0.208. The van der Waals surface area contributed by atoms with Crippen molar-refractivity contribution in [3.63, 3.8) is 0 Å². The molecule has 3 aromatic rings. The molecule has 5 nitrogen and oxygen atoms in total. The SMILES string of the molecule is N#Cc1c(NC(=S)NC(=O)c2ccccc2)sc2c1CN(CCc1ccccc1)CC2. The molecule has 2 heterocycles. The van der Waals surface area contributed by atoms with Crippen molar-refractivity contribution in [2.75, 3.05) is 18.4 Å². The maximum Gasteiger partial charge on any atom is 0.257 e. The van der Waals surface area contributed by atoms with Gasteiger partial charge in [-0.25, -0.2) is 0 Å². The molecule has 1 amide bonds. The lowest BCUT2D eigenvalue weighted by Crippen LogP contribution is -2.34. The lowest BCUT2D eigenvalue weighted by atomic mass is 10.0. The fourth-order valence-electron chi connectivity index (χ4n) is 3.67. The zero-order valence-corrected chi connectivity index (χ0v) is 18.6. The number of carbonyl (C=O) groups excluding carboxylic acids is 1. The van der Waals surface area contributed by atoms with Crippen LogP contribution >= 0.6 is 23.6 Å². The Kier molecular flexibility index (Phi) is 6.73. The first-order valence-corrected chi connectivity index (χ1v) is 11.3. The van der Waals surface area contributed by atoms with Crippen LogP contribution < -0.4 is 10.6 Å². The van der Waals surface area contributed by atoms with E-state index in [1.54, 1.807) is 35.6 Å². The van der Waals surface area contributed by atoms with E-state index in [2.05, 4.69) is 45.9 Å². The number of thiophene rings is 1. The quantitative estimate of drug-likeness (QED) is 0.571. The molecule has 0 saturated heterocycles. The number of rotatable bonds is 5. The van der Waals surface area contributed by atoms with Crippen molar-refractivity contribution in [3.05, 3.63) is 87.8 Å². The van der Waals surface area contributed by atoms with E-state index in [9.17, 15) is 10.1 Å². The van der Waals surface area contributed by atoms with Crippen LogP contribution in [0.3, 0.4) is 0 Å². The monoisotopic (exact) mass is 446 g/mol. The third-order valence-electron chi connectivity index (χ3n) is 5.29. The van der Waals surface area contributed by atoms with Gasteiger partial charge in [-0.15, -0.1) is 11.3 Å². The van der Waals surface area contributed by atoms with Gasteiger partial charge in [0, 0.05) is 35.6 Å². The van der Waals surface area contributed by atoms with Crippen LogP contribution in [0.5, 0.6) is 0 Å². The molecule has 7 heteroatoms. The van der Waals surface area contributed by atoms with Crippen LogP contribution in [-0.4, -0.2) is 29.0 Å². The van der Waals surface area contributed by atoms with E-state index < -0.39 is 0 Å². The summed E-state index contributed by atoms with van der Waals surface area (Å²) >= 11 is 6.88. The lowest BCUT2D eigenvalue weighted by Gasteiger charge is -2.26. The van der Waals surface area contributed by atoms with E-state index in [0.717, 1.165) is 38.0 Å². The van der Waals surface area contributed by atoms with Crippen LogP contribution in [0.15, 0.2) is 60.7 Å². The van der Waals surface area contributed by atoms with Gasteiger partial charge in [-0.1, -0.05) is 48.5 Å². The highest BCUT2D eigenvalue weighted by Gasteiger charge is 2.25. The molecular formula is C24H22N4OS2. The minimum Gasteiger partial charge on any atom is -0.323 e. The third-order valence-corrected chi connectivity index (χ3v) is 6.70. The molecule has 156 valence electrons. The van der Waals surface area contributed by atoms with Gasteiger partial charge < -0.3 is 5.32 Å². The van der Waals surface area contributed by atoms with Crippen molar-refractivity contribution >= 4 is 39.6 Å². The van der Waals surface area contributed by atoms with Crippen LogP contribution in [0.25, 0.3) is 0 Å². The minimum atomic E-state index is -0.273. The minimum absolute atomic E-state index is 0.199. The third kappa shape index (κ3) is 5.17. The summed E-state index contributed by atoms with van der Waals surface area (Å²) in [5, 5.41) is 16.5. The highest BCUT2D eigenvalue weighted by molar-refractivity contribution is 7.80. The van der Waals surface area contributed by atoms with E-state index in [1.165, 1.54) is 10.4 Å². The molecule has 2 N–H and O–H groups in total. The normalized spacial score (nSPS) is 13.1. The van der Waals surface area contributed by atoms with E-state index in [4.69, 9.17) is 12.2 Å². The first-order valence-electron chi connectivity index (χ1n) is 10.1. The number of hydrogen-bond donors (Lipinski definition) is 2. The van der Waals surface area contributed by atoms with Crippen LogP contribution in [0, 0.1) is 11.3 Å². The molecule has 31 heavy (non-hydrogen) atoms. The van der Waals surface area contributed by atoms with Crippen molar-refractivity contribution in [1.29, 1.82) is 5.26 Å². The summed E-state index contributed by atoms with van der Waals surface area (Å²) in [7, 11) is 0. The maximum absolute atomic E-state index is 12.3. The van der Waals surface area contributed by atoms with E-state index >= 15 is 0 Å². The average molecular weight is 447 g/mol. The number of nitrogens with one attached hydrogen (secondary N) is 2. The topological polar surface area (TPSA) is 68.2 Å². The number of nitriles is 1. The number of thiocarbonyl (C=S) groups is 1. The Morgan fingerprint density at radius 1 is 1.13 bits per heavy atom. The number of hydrogen-bond acceptors (Lipinski definition) is 5. The van der Waals surface area contributed by atoms with Gasteiger partial charge in [-0.2, -0.15) is 5.26 Å². The number of carbonyl (C=O) groups is 1. The van der Waals surface area contributed by atoms with Crippen molar-refractivity contribution in [1.82, 2.24) is 10.2 Å². The molecule has 1 aliphatic rings. The predicted molar refractivity (Wildman–Crippen MR) is 128 cm³/mol. The molecule has 1 aliphatic heterocycles. The molecule has 1 aromatic heterocycles. The van der Waals surface area contributed by atoms with Gasteiger partial charge >= 0.3 is 0 Å². The molecule has 0 fully saturated rings. The Bertz CT molecular complexity index is 1120. The maximum atomic E-state index is 12.3. The summed E-state index contributed by atoms with van der Waals surface area (Å²) in [4.78, 5) is 15.9. The smallest absolute Gasteiger partial charge is 0.257 e. The molecule has 0 atom stereocenters. The Morgan fingerprint density at radius 2 is 1.84 bits per heavy atom. The second kappa shape index (κ2) is 9.84. The standard InChI is InChI=1S/C24H22N4OS2/c25-15-19-20-16-28(13-11-17-7-3-1-4-8-17)14-12-21(20)31-23(19)27-24(30)26-22(29)18-9-5-2-6-10-18/h1-10H,11-14,16H2,(H2,26,27,29,30). The zero-order chi connectivity index (χ0) is 21.6. The van der Waals surface area contributed by atoms with Crippen molar-refractivity contribution < 1.29 is 4.79 Å². The first-order chi connectivity index (χ1) is 15.1. The molecule has 0 saturated carbocycles. The Morgan fingerprint density at radius 3 is 2.55 bits per heavy atom. The summed E-state index contributed by atoms with van der Waals surface area (Å²) < 4.78 is 0. The van der Waals surface area contributed by atoms with Crippen LogP contribution in [0.1, 0.15) is 31.9 Å². The van der Waals surface area contributed by atoms with Gasteiger partial charge in [-0.3, -0.25) is 15.0 Å². The largest absolute Gasteiger partial charge is 0.323 e. The van der Waals surface area contributed by atoms with Crippen molar-refractivity contribution in [3.8, 4) is 6.07 Å². The highest BCUT2D eigenvalue weighted by atomic mass is 32.1. The second-order valence-corrected chi connectivity index (χ2v) is 8.87. The van der Waals surface area contributed by atoms with Gasteiger partial charge in [0.2, 0.25) is 0 Å². The molecule has 0 radical (unpaired) electrons. The summed E-state index contributed by atoms with van der Waals surface area (Å²) in [6, 6.07) is 21.7. The molecule has 2 aromatic carbocycles. The lowest BCUT2D eigenvalue weighted by molar-refractivity contribution is 0.0977. The Hall–Kier alpha value is -3.05. The second-order valence-electron chi connectivity index (χ2n) is 7.36. The van der Waals surface area contributed by atoms with Crippen LogP contribution in [0.2, 0.25) is 0 Å². The Balaban J connectivity index is 1.41. The molecule has 4 rings (SSSR count). The van der Waals surface area contributed by atoms with Crippen molar-refractivity contribution in [2.45, 2.75) is 19.4 Å². The summed E-state index contributed by atoms with van der Waals surface area (Å²) in [5.41, 5.74) is 3.56. The summed E-state index contributed by atoms with van der Waals surface area (Å²) in [6.45, 7) is 2.69. The van der Waals surface area contributed by atoms with Gasteiger partial charge in [0.05, 0.1) is 5.56 Å². The fourth-order valence-corrected chi connectivity index (χ4v) is 5.08. The van der Waals surface area contributed by atoms with Crippen LogP contribution in [0.4, 0.5) is 5.00 Å². The number of fused-ring (bicyclic) bond motifs is 1. The summed E-state index contributed by atoms with van der Waals surface area (Å²) in [6.07, 6.45) is 1.90. The molecule has 0 unspecified atom stereocenters. The number of nitrogens with zero attached hydrogens (tertiary/aromatic N) is 2. The predicted octanol–water partition coefficient (Wildman–Crippen LogP) is 4.35. The Labute approximate surface area is 191 Å². The molecule has 0 bridgehead atoms. The zero-order valence-electron chi connectivity index (χ0n) is 16.9. The summed E-state index contributed by atoms with van der Waals surface area (Å²) in [5.74, 6) is -0.273. The highest BCUT2D eigenvalue weighted by Crippen LogP contribution is 2.36. The average Bonchev–Trinajstić information content (AvgIpc) is 3.14. The van der Waals surface area contributed by atoms with E-state index in [-0.39, 0.29) is 11.0 Å². The van der Waals surface area contributed by atoms with Crippen molar-refractivity contribution in [2.24, 2.45) is 0 Å². The van der Waals surface area contributed by atoms with Gasteiger partial charge in [0.1, 0.15) is 11.1 Å². The number of benzene rings is 2. The van der Waals surface area contributed by atoms with E-state index in [0.29, 0.717) is 16.1 Å². The number of anilines is 1. The van der Waals surface area contributed by atoms with Gasteiger partial charge in [0.25, 0.3) is 5.91 Å². The first kappa shape index (κ1) is 21.2. The van der Waals surface area contributed by atoms with Crippen LogP contribution in [-0.2, 0) is 19.4 Å². The molecule has 0 spiro atoms. The van der Waals surface area contributed by atoms with Gasteiger partial charge in [0.15, 0.2) is 5.11 Å². The van der Waals surface area contributed by atoms with Gasteiger partial charge in [-0.05, 0) is 42.8 Å². The molecular weight excluding hydrogens is 424 g/mol. The number of amides is 1.